The highest BCUT2D eigenvalue weighted by molar-refractivity contribution is 7.09. The largest absolute Gasteiger partial charge is 0.493 e. The highest BCUT2D eigenvalue weighted by Gasteiger charge is 2.15. The summed E-state index contributed by atoms with van der Waals surface area (Å²) in [6.45, 7) is 3.96. The Bertz CT molecular complexity index is 761. The van der Waals surface area contributed by atoms with Crippen molar-refractivity contribution in [2.45, 2.75) is 26.3 Å². The number of rotatable bonds is 8. The molecule has 1 heterocycles. The van der Waals surface area contributed by atoms with Gasteiger partial charge in [-0.25, -0.2) is 4.98 Å². The van der Waals surface area contributed by atoms with Crippen LogP contribution in [0.1, 0.15) is 35.7 Å². The Hall–Kier alpha value is -2.54. The number of methoxy groups -OCH3 is 3. The zero-order chi connectivity index (χ0) is 19.1. The van der Waals surface area contributed by atoms with Gasteiger partial charge in [-0.1, -0.05) is 6.92 Å². The molecule has 1 amide bonds. The van der Waals surface area contributed by atoms with Crippen molar-refractivity contribution < 1.29 is 19.0 Å². The molecule has 0 radical (unpaired) electrons. The summed E-state index contributed by atoms with van der Waals surface area (Å²) >= 11 is 1.56. The van der Waals surface area contributed by atoms with Crippen LogP contribution >= 0.6 is 11.3 Å². The zero-order valence-corrected chi connectivity index (χ0v) is 16.5. The molecule has 1 aromatic carbocycles. The predicted octanol–water partition coefficient (Wildman–Crippen LogP) is 3.76. The number of hydrogen-bond acceptors (Lipinski definition) is 6. The lowest BCUT2D eigenvalue weighted by molar-refractivity contribution is -0.117. The van der Waals surface area contributed by atoms with Gasteiger partial charge in [-0.15, -0.1) is 11.3 Å². The molecule has 1 atom stereocenters. The molecule has 140 valence electrons. The van der Waals surface area contributed by atoms with E-state index in [9.17, 15) is 4.79 Å². The van der Waals surface area contributed by atoms with E-state index in [4.69, 9.17) is 14.2 Å². The van der Waals surface area contributed by atoms with E-state index >= 15 is 0 Å². The third-order valence-electron chi connectivity index (χ3n) is 3.77. The highest BCUT2D eigenvalue weighted by atomic mass is 32.1. The van der Waals surface area contributed by atoms with Gasteiger partial charge in [0, 0.05) is 17.2 Å². The average molecular weight is 376 g/mol. The van der Waals surface area contributed by atoms with E-state index in [1.54, 1.807) is 50.9 Å². The molecule has 0 bridgehead atoms. The molecule has 7 heteroatoms. The number of nitrogens with one attached hydrogen (secondary N) is 1. The number of ether oxygens (including phenoxy) is 3. The molecule has 0 aliphatic rings. The SMILES string of the molecule is CCC(NC(=O)C=Cc1cc(OC)c(OC)c(OC)c1)c1nc(C)cs1. The number of aromatic nitrogens is 1. The van der Waals surface area contributed by atoms with Crippen LogP contribution in [0.4, 0.5) is 0 Å². The molecule has 26 heavy (non-hydrogen) atoms. The standard InChI is InChI=1S/C19H24N2O4S/c1-6-14(19-20-12(2)11-26-19)21-17(22)8-7-13-9-15(23-3)18(25-5)16(10-13)24-4/h7-11,14H,6H2,1-5H3,(H,21,22). The molecule has 1 aromatic heterocycles. The highest BCUT2D eigenvalue weighted by Crippen LogP contribution is 2.38. The molecular weight excluding hydrogens is 352 g/mol. The number of benzene rings is 1. The molecule has 0 aliphatic carbocycles. The number of nitrogens with zero attached hydrogens (tertiary/aromatic N) is 1. The van der Waals surface area contributed by atoms with Crippen molar-refractivity contribution in [2.24, 2.45) is 0 Å². The molecular formula is C19H24N2O4S. The molecule has 2 rings (SSSR count). The van der Waals surface area contributed by atoms with Crippen LogP contribution in [0.5, 0.6) is 17.2 Å². The smallest absolute Gasteiger partial charge is 0.244 e. The van der Waals surface area contributed by atoms with Gasteiger partial charge in [-0.2, -0.15) is 0 Å². The molecule has 1 N–H and O–H groups in total. The Morgan fingerprint density at radius 3 is 2.35 bits per heavy atom. The van der Waals surface area contributed by atoms with Crippen LogP contribution in [-0.4, -0.2) is 32.2 Å². The Balaban J connectivity index is 2.14. The van der Waals surface area contributed by atoms with Gasteiger partial charge in [0.05, 0.1) is 27.4 Å². The monoisotopic (exact) mass is 376 g/mol. The fraction of sp³-hybridized carbons (Fsp3) is 0.368. The quantitative estimate of drug-likeness (QED) is 0.711. The minimum atomic E-state index is -0.182. The molecule has 0 spiro atoms. The van der Waals surface area contributed by atoms with Gasteiger partial charge >= 0.3 is 0 Å². The van der Waals surface area contributed by atoms with Crippen LogP contribution < -0.4 is 19.5 Å². The molecule has 6 nitrogen and oxygen atoms in total. The van der Waals surface area contributed by atoms with Gasteiger partial charge < -0.3 is 19.5 Å². The summed E-state index contributed by atoms with van der Waals surface area (Å²) in [4.78, 5) is 16.7. The van der Waals surface area contributed by atoms with Gasteiger partial charge in [0.2, 0.25) is 11.7 Å². The van der Waals surface area contributed by atoms with Crippen LogP contribution in [0.3, 0.4) is 0 Å². The van der Waals surface area contributed by atoms with E-state index in [0.717, 1.165) is 22.7 Å². The van der Waals surface area contributed by atoms with Crippen molar-refractivity contribution in [3.63, 3.8) is 0 Å². The maximum absolute atomic E-state index is 12.3. The Morgan fingerprint density at radius 2 is 1.88 bits per heavy atom. The van der Waals surface area contributed by atoms with Gasteiger partial charge in [0.15, 0.2) is 11.5 Å². The first-order chi connectivity index (χ1) is 12.5. The van der Waals surface area contributed by atoms with Crippen LogP contribution in [0, 0.1) is 6.92 Å². The number of carbonyl (C=O) groups excluding carboxylic acids is 1. The van der Waals surface area contributed by atoms with E-state index in [1.165, 1.54) is 6.08 Å². The molecule has 0 fully saturated rings. The van der Waals surface area contributed by atoms with Gasteiger partial charge in [0.1, 0.15) is 5.01 Å². The van der Waals surface area contributed by atoms with Crippen LogP contribution in [0.15, 0.2) is 23.6 Å². The normalized spacial score (nSPS) is 12.0. The fourth-order valence-corrected chi connectivity index (χ4v) is 3.39. The first-order valence-electron chi connectivity index (χ1n) is 8.23. The minimum absolute atomic E-state index is 0.0919. The Labute approximate surface area is 157 Å². The average Bonchev–Trinajstić information content (AvgIpc) is 3.09. The number of amides is 1. The number of aryl methyl sites for hydroxylation is 1. The second-order valence-electron chi connectivity index (χ2n) is 5.59. The van der Waals surface area contributed by atoms with Crippen molar-refractivity contribution in [3.05, 3.63) is 39.9 Å². The number of hydrogen-bond donors (Lipinski definition) is 1. The number of thiazole rings is 1. The zero-order valence-electron chi connectivity index (χ0n) is 15.7. The van der Waals surface area contributed by atoms with Crippen molar-refractivity contribution in [2.75, 3.05) is 21.3 Å². The van der Waals surface area contributed by atoms with Gasteiger partial charge in [0.25, 0.3) is 0 Å². The molecule has 0 aliphatic heterocycles. The van der Waals surface area contributed by atoms with E-state index in [-0.39, 0.29) is 11.9 Å². The first kappa shape index (κ1) is 19.8. The molecule has 0 saturated heterocycles. The fourth-order valence-electron chi connectivity index (χ4n) is 2.46. The third kappa shape index (κ3) is 4.76. The second kappa shape index (κ2) is 9.24. The summed E-state index contributed by atoms with van der Waals surface area (Å²) < 4.78 is 15.9. The lowest BCUT2D eigenvalue weighted by Crippen LogP contribution is -2.26. The van der Waals surface area contributed by atoms with Crippen LogP contribution in [0.25, 0.3) is 6.08 Å². The summed E-state index contributed by atoms with van der Waals surface area (Å²) in [7, 11) is 4.66. The summed E-state index contributed by atoms with van der Waals surface area (Å²) in [6.07, 6.45) is 3.97. The molecule has 2 aromatic rings. The van der Waals surface area contributed by atoms with Crippen molar-refractivity contribution >= 4 is 23.3 Å². The third-order valence-corrected chi connectivity index (χ3v) is 4.85. The molecule has 1 unspecified atom stereocenters. The van der Waals surface area contributed by atoms with Gasteiger partial charge in [-0.05, 0) is 37.1 Å². The minimum Gasteiger partial charge on any atom is -0.493 e. The van der Waals surface area contributed by atoms with Gasteiger partial charge in [-0.3, -0.25) is 4.79 Å². The maximum Gasteiger partial charge on any atom is 0.244 e. The lowest BCUT2D eigenvalue weighted by Gasteiger charge is -2.13. The van der Waals surface area contributed by atoms with Crippen LogP contribution in [-0.2, 0) is 4.79 Å². The first-order valence-corrected chi connectivity index (χ1v) is 9.10. The maximum atomic E-state index is 12.3. The van der Waals surface area contributed by atoms with E-state index < -0.39 is 0 Å². The topological polar surface area (TPSA) is 69.7 Å². The summed E-state index contributed by atoms with van der Waals surface area (Å²) in [6, 6.07) is 3.48. The van der Waals surface area contributed by atoms with Crippen molar-refractivity contribution in [1.29, 1.82) is 0 Å². The van der Waals surface area contributed by atoms with Crippen molar-refractivity contribution in [1.82, 2.24) is 10.3 Å². The summed E-state index contributed by atoms with van der Waals surface area (Å²) in [5, 5.41) is 5.88. The Kier molecular flexibility index (Phi) is 7.03. The number of carbonyl (C=O) groups is 1. The Morgan fingerprint density at radius 1 is 1.23 bits per heavy atom. The van der Waals surface area contributed by atoms with Crippen molar-refractivity contribution in [3.8, 4) is 17.2 Å². The van der Waals surface area contributed by atoms with E-state index in [0.29, 0.717) is 17.2 Å². The lowest BCUT2D eigenvalue weighted by atomic mass is 10.1. The predicted molar refractivity (Wildman–Crippen MR) is 103 cm³/mol. The second-order valence-corrected chi connectivity index (χ2v) is 6.48. The van der Waals surface area contributed by atoms with Crippen LogP contribution in [0.2, 0.25) is 0 Å². The van der Waals surface area contributed by atoms with E-state index in [1.807, 2.05) is 19.2 Å². The van der Waals surface area contributed by atoms with E-state index in [2.05, 4.69) is 10.3 Å². The summed E-state index contributed by atoms with van der Waals surface area (Å²) in [5.41, 5.74) is 1.73. The molecule has 0 saturated carbocycles. The summed E-state index contributed by atoms with van der Waals surface area (Å²) in [5.74, 6) is 1.41.